The highest BCUT2D eigenvalue weighted by molar-refractivity contribution is 9.10. The van der Waals surface area contributed by atoms with Gasteiger partial charge in [-0.2, -0.15) is 0 Å². The number of hydrogen-bond donors (Lipinski definition) is 1. The lowest BCUT2D eigenvalue weighted by atomic mass is 10.1. The summed E-state index contributed by atoms with van der Waals surface area (Å²) in [6.45, 7) is 2.44. The van der Waals surface area contributed by atoms with Gasteiger partial charge < -0.3 is 9.88 Å². The second kappa shape index (κ2) is 6.08. The van der Waals surface area contributed by atoms with E-state index in [1.807, 2.05) is 12.1 Å². The molecule has 2 heterocycles. The Balaban J connectivity index is 2.04. The number of aromatic nitrogens is 1. The summed E-state index contributed by atoms with van der Waals surface area (Å²) >= 11 is 3.48. The third kappa shape index (κ3) is 2.86. The van der Waals surface area contributed by atoms with Gasteiger partial charge in [-0.3, -0.25) is 9.59 Å². The summed E-state index contributed by atoms with van der Waals surface area (Å²) in [5.74, 6) is -0.230. The van der Waals surface area contributed by atoms with Crippen molar-refractivity contribution < 1.29 is 4.79 Å². The second-order valence-corrected chi connectivity index (χ2v) is 6.49. The Hall–Kier alpha value is -1.88. The van der Waals surface area contributed by atoms with Gasteiger partial charge in [0, 0.05) is 22.4 Å². The molecule has 22 heavy (non-hydrogen) atoms. The van der Waals surface area contributed by atoms with Crippen molar-refractivity contribution in [3.63, 3.8) is 0 Å². The van der Waals surface area contributed by atoms with Crippen LogP contribution in [0.5, 0.6) is 0 Å². The van der Waals surface area contributed by atoms with Gasteiger partial charge in [0.15, 0.2) is 0 Å². The molecule has 1 amide bonds. The van der Waals surface area contributed by atoms with Crippen LogP contribution in [-0.4, -0.2) is 17.4 Å². The van der Waals surface area contributed by atoms with E-state index in [0.717, 1.165) is 40.7 Å². The number of hydrogen-bond acceptors (Lipinski definition) is 2. The van der Waals surface area contributed by atoms with Crippen LogP contribution in [0.1, 0.15) is 34.5 Å². The molecule has 1 N–H and O–H groups in total. The Morgan fingerprint density at radius 2 is 2.05 bits per heavy atom. The number of pyridine rings is 1. The molecule has 0 saturated heterocycles. The molecule has 5 heteroatoms. The SMILES string of the molecule is Cc1ccc(C(=O)N2CCCCc3cc(Br)ccc32)c(=O)[nH]1. The molecule has 1 aliphatic heterocycles. The maximum Gasteiger partial charge on any atom is 0.263 e. The largest absolute Gasteiger partial charge is 0.326 e. The summed E-state index contributed by atoms with van der Waals surface area (Å²) in [6, 6.07) is 9.31. The van der Waals surface area contributed by atoms with Gasteiger partial charge in [0.1, 0.15) is 5.56 Å². The Morgan fingerprint density at radius 1 is 1.23 bits per heavy atom. The lowest BCUT2D eigenvalue weighted by molar-refractivity contribution is 0.0985. The van der Waals surface area contributed by atoms with E-state index in [2.05, 4.69) is 27.0 Å². The van der Waals surface area contributed by atoms with Crippen LogP contribution in [0.25, 0.3) is 0 Å². The maximum atomic E-state index is 12.8. The van der Waals surface area contributed by atoms with Gasteiger partial charge in [-0.25, -0.2) is 0 Å². The van der Waals surface area contributed by atoms with Crippen LogP contribution < -0.4 is 10.5 Å². The van der Waals surface area contributed by atoms with E-state index < -0.39 is 0 Å². The average Bonchev–Trinajstić information content (AvgIpc) is 2.68. The molecule has 4 nitrogen and oxygen atoms in total. The summed E-state index contributed by atoms with van der Waals surface area (Å²) in [5, 5.41) is 0. The van der Waals surface area contributed by atoms with Crippen LogP contribution in [-0.2, 0) is 6.42 Å². The molecule has 1 aromatic heterocycles. The van der Waals surface area contributed by atoms with E-state index in [0.29, 0.717) is 6.54 Å². The van der Waals surface area contributed by atoms with Crippen LogP contribution in [0, 0.1) is 6.92 Å². The molecule has 0 atom stereocenters. The molecular formula is C17H17BrN2O2. The molecule has 0 fully saturated rings. The van der Waals surface area contributed by atoms with Crippen molar-refractivity contribution in [2.75, 3.05) is 11.4 Å². The third-order valence-corrected chi connectivity index (χ3v) is 4.43. The van der Waals surface area contributed by atoms with E-state index in [1.165, 1.54) is 0 Å². The molecule has 0 radical (unpaired) electrons. The van der Waals surface area contributed by atoms with E-state index in [1.54, 1.807) is 24.0 Å². The minimum absolute atomic E-state index is 0.196. The molecule has 3 rings (SSSR count). The number of carbonyl (C=O) groups is 1. The molecule has 1 aromatic carbocycles. The van der Waals surface area contributed by atoms with Gasteiger partial charge in [-0.05, 0) is 62.1 Å². The topological polar surface area (TPSA) is 53.2 Å². The van der Waals surface area contributed by atoms with E-state index in [-0.39, 0.29) is 17.0 Å². The summed E-state index contributed by atoms with van der Waals surface area (Å²) in [5.41, 5.74) is 2.67. The monoisotopic (exact) mass is 360 g/mol. The maximum absolute atomic E-state index is 12.8. The molecule has 1 aliphatic rings. The second-order valence-electron chi connectivity index (χ2n) is 5.57. The molecule has 0 saturated carbocycles. The highest BCUT2D eigenvalue weighted by Crippen LogP contribution is 2.29. The van der Waals surface area contributed by atoms with Gasteiger partial charge in [0.25, 0.3) is 11.5 Å². The molecule has 114 valence electrons. The lowest BCUT2D eigenvalue weighted by Crippen LogP contribution is -2.35. The average molecular weight is 361 g/mol. The van der Waals surface area contributed by atoms with Crippen molar-refractivity contribution in [2.45, 2.75) is 26.2 Å². The number of aromatic amines is 1. The van der Waals surface area contributed by atoms with Gasteiger partial charge in [0.2, 0.25) is 0 Å². The zero-order valence-corrected chi connectivity index (χ0v) is 13.9. The number of anilines is 1. The first-order valence-corrected chi connectivity index (χ1v) is 8.16. The summed E-state index contributed by atoms with van der Waals surface area (Å²) in [4.78, 5) is 29.3. The zero-order chi connectivity index (χ0) is 15.7. The first-order valence-electron chi connectivity index (χ1n) is 7.36. The Labute approximate surface area is 137 Å². The van der Waals surface area contributed by atoms with Crippen molar-refractivity contribution in [1.82, 2.24) is 4.98 Å². The van der Waals surface area contributed by atoms with Crippen molar-refractivity contribution in [3.05, 3.63) is 62.0 Å². The fraction of sp³-hybridized carbons (Fsp3) is 0.294. The quantitative estimate of drug-likeness (QED) is 0.846. The Morgan fingerprint density at radius 3 is 2.82 bits per heavy atom. The van der Waals surface area contributed by atoms with Crippen LogP contribution >= 0.6 is 15.9 Å². The smallest absolute Gasteiger partial charge is 0.263 e. The van der Waals surface area contributed by atoms with Gasteiger partial charge >= 0.3 is 0 Å². The van der Waals surface area contributed by atoms with Crippen LogP contribution in [0.3, 0.4) is 0 Å². The predicted octanol–water partition coefficient (Wildman–Crippen LogP) is 3.43. The normalized spacial score (nSPS) is 14.4. The minimum atomic E-state index is -0.326. The number of nitrogens with zero attached hydrogens (tertiary/aromatic N) is 1. The van der Waals surface area contributed by atoms with E-state index >= 15 is 0 Å². The first-order chi connectivity index (χ1) is 10.6. The molecule has 0 unspecified atom stereocenters. The zero-order valence-electron chi connectivity index (χ0n) is 12.4. The summed E-state index contributed by atoms with van der Waals surface area (Å²) in [7, 11) is 0. The molecular weight excluding hydrogens is 344 g/mol. The molecule has 0 bridgehead atoms. The predicted molar refractivity (Wildman–Crippen MR) is 90.6 cm³/mol. The standard InChI is InChI=1S/C17H17BrN2O2/c1-11-5-7-14(16(21)19-11)17(22)20-9-3-2-4-12-10-13(18)6-8-15(12)20/h5-8,10H,2-4,9H2,1H3,(H,19,21). The van der Waals surface area contributed by atoms with E-state index in [9.17, 15) is 9.59 Å². The van der Waals surface area contributed by atoms with Gasteiger partial charge in [0.05, 0.1) is 0 Å². The Kier molecular flexibility index (Phi) is 4.16. The van der Waals surface area contributed by atoms with Crippen molar-refractivity contribution in [1.29, 1.82) is 0 Å². The van der Waals surface area contributed by atoms with Gasteiger partial charge in [-0.1, -0.05) is 15.9 Å². The highest BCUT2D eigenvalue weighted by Gasteiger charge is 2.24. The molecule has 2 aromatic rings. The number of halogens is 1. The van der Waals surface area contributed by atoms with E-state index in [4.69, 9.17) is 0 Å². The van der Waals surface area contributed by atoms with Crippen molar-refractivity contribution in [2.24, 2.45) is 0 Å². The fourth-order valence-electron chi connectivity index (χ4n) is 2.82. The number of amides is 1. The number of carbonyl (C=O) groups excluding carboxylic acids is 1. The molecule has 0 spiro atoms. The third-order valence-electron chi connectivity index (χ3n) is 3.94. The first kappa shape index (κ1) is 15.0. The molecule has 0 aliphatic carbocycles. The number of aryl methyl sites for hydroxylation is 2. The summed E-state index contributed by atoms with van der Waals surface area (Å²) in [6.07, 6.45) is 2.92. The minimum Gasteiger partial charge on any atom is -0.326 e. The van der Waals surface area contributed by atoms with Gasteiger partial charge in [-0.15, -0.1) is 0 Å². The summed E-state index contributed by atoms with van der Waals surface area (Å²) < 4.78 is 1.01. The number of fused-ring (bicyclic) bond motifs is 1. The number of rotatable bonds is 1. The number of benzene rings is 1. The highest BCUT2D eigenvalue weighted by atomic mass is 79.9. The van der Waals surface area contributed by atoms with Crippen LogP contribution in [0.4, 0.5) is 5.69 Å². The number of nitrogens with one attached hydrogen (secondary N) is 1. The fourth-order valence-corrected chi connectivity index (χ4v) is 3.23. The number of H-pyrrole nitrogens is 1. The van der Waals surface area contributed by atoms with Crippen molar-refractivity contribution in [3.8, 4) is 0 Å². The lowest BCUT2D eigenvalue weighted by Gasteiger charge is -2.23. The Bertz CT molecular complexity index is 782. The van der Waals surface area contributed by atoms with Crippen molar-refractivity contribution >= 4 is 27.5 Å². The van der Waals surface area contributed by atoms with Crippen LogP contribution in [0.2, 0.25) is 0 Å². The van der Waals surface area contributed by atoms with Crippen LogP contribution in [0.15, 0.2) is 39.6 Å².